The summed E-state index contributed by atoms with van der Waals surface area (Å²) in [5.41, 5.74) is 0.579. The molecule has 1 heterocycles. The molecule has 0 saturated heterocycles. The predicted molar refractivity (Wildman–Crippen MR) is 59.6 cm³/mol. The molecule has 3 nitrogen and oxygen atoms in total. The number of amides is 1. The summed E-state index contributed by atoms with van der Waals surface area (Å²) in [6, 6.07) is 1.30. The lowest BCUT2D eigenvalue weighted by Crippen LogP contribution is -2.37. The molecule has 14 heavy (non-hydrogen) atoms. The van der Waals surface area contributed by atoms with Gasteiger partial charge in [-0.15, -0.1) is 11.3 Å². The molecular weight excluding hydrogens is 266 g/mol. The van der Waals surface area contributed by atoms with Crippen LogP contribution in [0.1, 0.15) is 24.2 Å². The maximum atomic E-state index is 11.5. The fourth-order valence-corrected chi connectivity index (χ4v) is 1.95. The summed E-state index contributed by atoms with van der Waals surface area (Å²) in [5.74, 6) is -0.262. The molecule has 76 valence electrons. The van der Waals surface area contributed by atoms with Crippen LogP contribution in [0, 0.1) is 0 Å². The Hall–Kier alpha value is -0.680. The van der Waals surface area contributed by atoms with Crippen LogP contribution in [0.4, 0.5) is 0 Å². The number of carbonyl (C=O) groups excluding carboxylic acids is 2. The Morgan fingerprint density at radius 1 is 1.57 bits per heavy atom. The van der Waals surface area contributed by atoms with E-state index in [0.717, 1.165) is 3.79 Å². The number of thiophene rings is 1. The van der Waals surface area contributed by atoms with E-state index in [1.54, 1.807) is 18.4 Å². The molecule has 0 aliphatic heterocycles. The molecule has 5 heteroatoms. The molecule has 1 unspecified atom stereocenters. The Bertz CT molecular complexity index is 361. The number of carbonyl (C=O) groups is 2. The largest absolute Gasteiger partial charge is 0.343 e. The van der Waals surface area contributed by atoms with Crippen LogP contribution >= 0.6 is 27.3 Å². The summed E-state index contributed by atoms with van der Waals surface area (Å²) < 4.78 is 0.901. The van der Waals surface area contributed by atoms with Crippen LogP contribution in [-0.2, 0) is 4.79 Å². The van der Waals surface area contributed by atoms with Crippen LogP contribution in [0.5, 0.6) is 0 Å². The number of hydrogen-bond donors (Lipinski definition) is 1. The van der Waals surface area contributed by atoms with Gasteiger partial charge in [0.15, 0.2) is 5.78 Å². The van der Waals surface area contributed by atoms with Crippen molar-refractivity contribution in [2.24, 2.45) is 0 Å². The van der Waals surface area contributed by atoms with Gasteiger partial charge in [-0.1, -0.05) is 0 Å². The predicted octanol–water partition coefficient (Wildman–Crippen LogP) is 2.22. The Labute approximate surface area is 94.6 Å². The SMILES string of the molecule is CC(=O)C(C)NC(=O)c1csc(Br)c1. The van der Waals surface area contributed by atoms with Crippen LogP contribution < -0.4 is 5.32 Å². The number of Topliss-reactive ketones (excluding diaryl/α,β-unsaturated/α-hetero) is 1. The summed E-state index contributed by atoms with van der Waals surface area (Å²) in [6.07, 6.45) is 0. The lowest BCUT2D eigenvalue weighted by atomic mass is 10.2. The van der Waals surface area contributed by atoms with E-state index in [1.807, 2.05) is 0 Å². The molecule has 1 amide bonds. The molecular formula is C9H10BrNO2S. The van der Waals surface area contributed by atoms with Gasteiger partial charge in [-0.05, 0) is 35.8 Å². The molecule has 0 radical (unpaired) electrons. The van der Waals surface area contributed by atoms with E-state index in [1.165, 1.54) is 18.3 Å². The van der Waals surface area contributed by atoms with Gasteiger partial charge in [-0.2, -0.15) is 0 Å². The minimum Gasteiger partial charge on any atom is -0.343 e. The van der Waals surface area contributed by atoms with Crippen molar-refractivity contribution in [2.75, 3.05) is 0 Å². The fraction of sp³-hybridized carbons (Fsp3) is 0.333. The Kier molecular flexibility index (Phi) is 3.83. The zero-order chi connectivity index (χ0) is 10.7. The van der Waals surface area contributed by atoms with E-state index in [2.05, 4.69) is 21.2 Å². The van der Waals surface area contributed by atoms with E-state index in [0.29, 0.717) is 5.56 Å². The van der Waals surface area contributed by atoms with Gasteiger partial charge in [0, 0.05) is 5.38 Å². The molecule has 0 aliphatic carbocycles. The van der Waals surface area contributed by atoms with Crippen molar-refractivity contribution >= 4 is 39.0 Å². The first-order valence-corrected chi connectivity index (χ1v) is 5.73. The number of halogens is 1. The lowest BCUT2D eigenvalue weighted by Gasteiger charge is -2.08. The molecule has 1 N–H and O–H groups in total. The summed E-state index contributed by atoms with van der Waals surface area (Å²) in [7, 11) is 0. The van der Waals surface area contributed by atoms with E-state index in [9.17, 15) is 9.59 Å². The number of ketones is 1. The average molecular weight is 276 g/mol. The first-order valence-electron chi connectivity index (χ1n) is 4.06. The second kappa shape index (κ2) is 4.70. The number of hydrogen-bond acceptors (Lipinski definition) is 3. The van der Waals surface area contributed by atoms with Crippen molar-refractivity contribution in [2.45, 2.75) is 19.9 Å². The fourth-order valence-electron chi connectivity index (χ4n) is 0.811. The Morgan fingerprint density at radius 2 is 2.21 bits per heavy atom. The molecule has 0 spiro atoms. The molecule has 1 aromatic rings. The second-order valence-electron chi connectivity index (χ2n) is 2.95. The standard InChI is InChI=1S/C9H10BrNO2S/c1-5(6(2)12)11-9(13)7-3-8(10)14-4-7/h3-5H,1-2H3,(H,11,13). The maximum absolute atomic E-state index is 11.5. The van der Waals surface area contributed by atoms with E-state index >= 15 is 0 Å². The molecule has 0 bridgehead atoms. The van der Waals surface area contributed by atoms with E-state index in [4.69, 9.17) is 0 Å². The van der Waals surface area contributed by atoms with Crippen LogP contribution in [0.2, 0.25) is 0 Å². The van der Waals surface area contributed by atoms with Gasteiger partial charge in [-0.25, -0.2) is 0 Å². The van der Waals surface area contributed by atoms with Crippen molar-refractivity contribution in [1.82, 2.24) is 5.32 Å². The van der Waals surface area contributed by atoms with E-state index in [-0.39, 0.29) is 11.7 Å². The molecule has 0 fully saturated rings. The molecule has 1 aromatic heterocycles. The summed E-state index contributed by atoms with van der Waals surface area (Å²) in [4.78, 5) is 22.4. The van der Waals surface area contributed by atoms with Crippen LogP contribution in [0.15, 0.2) is 15.2 Å². The van der Waals surface area contributed by atoms with Crippen molar-refractivity contribution in [3.05, 3.63) is 20.8 Å². The van der Waals surface area contributed by atoms with Crippen LogP contribution in [-0.4, -0.2) is 17.7 Å². The first kappa shape index (κ1) is 11.4. The van der Waals surface area contributed by atoms with Gasteiger partial charge >= 0.3 is 0 Å². The molecule has 0 saturated carbocycles. The van der Waals surface area contributed by atoms with Crippen molar-refractivity contribution in [3.63, 3.8) is 0 Å². The van der Waals surface area contributed by atoms with Crippen molar-refractivity contribution in [3.8, 4) is 0 Å². The Morgan fingerprint density at radius 3 is 2.64 bits per heavy atom. The third kappa shape index (κ3) is 2.92. The lowest BCUT2D eigenvalue weighted by molar-refractivity contribution is -0.118. The third-order valence-electron chi connectivity index (χ3n) is 1.79. The Balaban J connectivity index is 2.63. The van der Waals surface area contributed by atoms with Gasteiger partial charge in [0.2, 0.25) is 0 Å². The summed E-state index contributed by atoms with van der Waals surface area (Å²) in [5, 5.41) is 4.35. The van der Waals surface area contributed by atoms with Crippen LogP contribution in [0.25, 0.3) is 0 Å². The molecule has 0 aromatic carbocycles. The highest BCUT2D eigenvalue weighted by atomic mass is 79.9. The first-order chi connectivity index (χ1) is 6.50. The smallest absolute Gasteiger partial charge is 0.252 e. The van der Waals surface area contributed by atoms with Crippen LogP contribution in [0.3, 0.4) is 0 Å². The normalized spacial score (nSPS) is 12.2. The highest BCUT2D eigenvalue weighted by Gasteiger charge is 2.13. The van der Waals surface area contributed by atoms with E-state index < -0.39 is 6.04 Å². The zero-order valence-corrected chi connectivity index (χ0v) is 10.2. The van der Waals surface area contributed by atoms with Crippen molar-refractivity contribution in [1.29, 1.82) is 0 Å². The van der Waals surface area contributed by atoms with Gasteiger partial charge < -0.3 is 5.32 Å². The quantitative estimate of drug-likeness (QED) is 0.920. The minimum absolute atomic E-state index is 0.0485. The topological polar surface area (TPSA) is 46.2 Å². The summed E-state index contributed by atoms with van der Waals surface area (Å²) >= 11 is 4.71. The summed E-state index contributed by atoms with van der Waals surface area (Å²) in [6.45, 7) is 3.12. The number of rotatable bonds is 3. The average Bonchev–Trinajstić information content (AvgIpc) is 2.51. The number of nitrogens with one attached hydrogen (secondary N) is 1. The molecule has 0 aliphatic rings. The maximum Gasteiger partial charge on any atom is 0.252 e. The molecule has 1 atom stereocenters. The van der Waals surface area contributed by atoms with Gasteiger partial charge in [-0.3, -0.25) is 9.59 Å². The highest BCUT2D eigenvalue weighted by molar-refractivity contribution is 9.11. The monoisotopic (exact) mass is 275 g/mol. The third-order valence-corrected chi connectivity index (χ3v) is 3.29. The highest BCUT2D eigenvalue weighted by Crippen LogP contribution is 2.20. The van der Waals surface area contributed by atoms with Gasteiger partial charge in [0.05, 0.1) is 15.4 Å². The molecule has 1 rings (SSSR count). The van der Waals surface area contributed by atoms with Gasteiger partial charge in [0.25, 0.3) is 5.91 Å². The van der Waals surface area contributed by atoms with Crippen molar-refractivity contribution < 1.29 is 9.59 Å². The minimum atomic E-state index is -0.429. The van der Waals surface area contributed by atoms with Gasteiger partial charge in [0.1, 0.15) is 0 Å². The zero-order valence-electron chi connectivity index (χ0n) is 7.83. The second-order valence-corrected chi connectivity index (χ2v) is 5.24.